The first-order valence-corrected chi connectivity index (χ1v) is 10.5. The van der Waals surface area contributed by atoms with Gasteiger partial charge in [0, 0.05) is 37.5 Å². The highest BCUT2D eigenvalue weighted by molar-refractivity contribution is 7.09. The summed E-state index contributed by atoms with van der Waals surface area (Å²) in [5, 5.41) is 3.68. The lowest BCUT2D eigenvalue weighted by Crippen LogP contribution is -2.31. The van der Waals surface area contributed by atoms with Gasteiger partial charge in [0.25, 0.3) is 0 Å². The Morgan fingerprint density at radius 2 is 2.07 bits per heavy atom. The number of benzene rings is 1. The zero-order valence-corrected chi connectivity index (χ0v) is 17.3. The minimum Gasteiger partial charge on any atom is -0.467 e. The first-order valence-electron chi connectivity index (χ1n) is 9.75. The molecule has 1 N–H and O–H groups in total. The van der Waals surface area contributed by atoms with Crippen molar-refractivity contribution in [2.45, 2.75) is 39.2 Å². The SMILES string of the molecule is CCCCN(CCC(=O)NCc1ccco1)c1nc(Cc2ccc(F)cc2)ns1. The van der Waals surface area contributed by atoms with E-state index in [-0.39, 0.29) is 11.7 Å². The van der Waals surface area contributed by atoms with Crippen LogP contribution in [0.5, 0.6) is 0 Å². The minimum absolute atomic E-state index is 0.0288. The van der Waals surface area contributed by atoms with E-state index < -0.39 is 0 Å². The topological polar surface area (TPSA) is 71.3 Å². The van der Waals surface area contributed by atoms with Gasteiger partial charge in [-0.2, -0.15) is 4.37 Å². The normalized spacial score (nSPS) is 10.8. The largest absolute Gasteiger partial charge is 0.467 e. The molecule has 0 atom stereocenters. The van der Waals surface area contributed by atoms with Crippen LogP contribution in [-0.2, 0) is 17.8 Å². The molecule has 2 aromatic heterocycles. The van der Waals surface area contributed by atoms with Crippen LogP contribution in [0.3, 0.4) is 0 Å². The van der Waals surface area contributed by atoms with Crippen molar-refractivity contribution in [1.82, 2.24) is 14.7 Å². The van der Waals surface area contributed by atoms with Gasteiger partial charge in [-0.15, -0.1) is 0 Å². The molecule has 0 aliphatic heterocycles. The van der Waals surface area contributed by atoms with Crippen LogP contribution in [0.15, 0.2) is 47.1 Å². The van der Waals surface area contributed by atoms with E-state index in [0.29, 0.717) is 31.8 Å². The monoisotopic (exact) mass is 416 g/mol. The van der Waals surface area contributed by atoms with Gasteiger partial charge in [0.2, 0.25) is 11.0 Å². The molecule has 8 heteroatoms. The number of aromatic nitrogens is 2. The van der Waals surface area contributed by atoms with Gasteiger partial charge >= 0.3 is 0 Å². The molecular weight excluding hydrogens is 391 g/mol. The maximum absolute atomic E-state index is 13.1. The number of nitrogens with zero attached hydrogens (tertiary/aromatic N) is 3. The summed E-state index contributed by atoms with van der Waals surface area (Å²) < 4.78 is 22.7. The van der Waals surface area contributed by atoms with Crippen LogP contribution in [0.25, 0.3) is 0 Å². The molecule has 6 nitrogen and oxygen atoms in total. The van der Waals surface area contributed by atoms with E-state index >= 15 is 0 Å². The zero-order valence-electron chi connectivity index (χ0n) is 16.4. The summed E-state index contributed by atoms with van der Waals surface area (Å²) in [6.45, 7) is 3.93. The standard InChI is InChI=1S/C21H25FN4O2S/c1-2-3-11-26(12-10-20(27)23-15-18-5-4-13-28-18)21-24-19(25-29-21)14-16-6-8-17(22)9-7-16/h4-9,13H,2-3,10-12,14-15H2,1H3,(H,23,27). The molecule has 1 aromatic carbocycles. The number of hydrogen-bond acceptors (Lipinski definition) is 6. The number of carbonyl (C=O) groups excluding carboxylic acids is 1. The van der Waals surface area contributed by atoms with Crippen molar-refractivity contribution in [2.75, 3.05) is 18.0 Å². The van der Waals surface area contributed by atoms with Crippen LogP contribution >= 0.6 is 11.5 Å². The van der Waals surface area contributed by atoms with E-state index in [2.05, 4.69) is 26.5 Å². The minimum atomic E-state index is -0.253. The Labute approximate surface area is 173 Å². The predicted octanol–water partition coefficient (Wildman–Crippen LogP) is 4.17. The second-order valence-corrected chi connectivity index (χ2v) is 7.47. The molecule has 0 bridgehead atoms. The molecule has 0 spiro atoms. The second-order valence-electron chi connectivity index (χ2n) is 6.74. The summed E-state index contributed by atoms with van der Waals surface area (Å²) in [5.74, 6) is 1.16. The van der Waals surface area contributed by atoms with Gasteiger partial charge in [0.1, 0.15) is 17.4 Å². The van der Waals surface area contributed by atoms with E-state index in [0.717, 1.165) is 35.8 Å². The number of nitrogens with one attached hydrogen (secondary N) is 1. The van der Waals surface area contributed by atoms with Gasteiger partial charge in [-0.05, 0) is 36.2 Å². The first-order chi connectivity index (χ1) is 14.1. The van der Waals surface area contributed by atoms with Gasteiger partial charge in [-0.3, -0.25) is 4.79 Å². The number of carbonyl (C=O) groups is 1. The third-order valence-electron chi connectivity index (χ3n) is 4.43. The third kappa shape index (κ3) is 6.67. The summed E-state index contributed by atoms with van der Waals surface area (Å²) in [5.41, 5.74) is 0.966. The summed E-state index contributed by atoms with van der Waals surface area (Å²) in [4.78, 5) is 18.9. The van der Waals surface area contributed by atoms with E-state index in [1.54, 1.807) is 24.5 Å². The Kier molecular flexibility index (Phi) is 7.75. The van der Waals surface area contributed by atoms with Crippen molar-refractivity contribution >= 4 is 22.6 Å². The highest BCUT2D eigenvalue weighted by Crippen LogP contribution is 2.20. The van der Waals surface area contributed by atoms with Crippen molar-refractivity contribution < 1.29 is 13.6 Å². The maximum Gasteiger partial charge on any atom is 0.222 e. The molecular formula is C21H25FN4O2S. The van der Waals surface area contributed by atoms with Gasteiger partial charge in [-0.1, -0.05) is 25.5 Å². The number of hydrogen-bond donors (Lipinski definition) is 1. The first kappa shape index (κ1) is 21.0. The quantitative estimate of drug-likeness (QED) is 0.508. The molecule has 0 aliphatic carbocycles. The van der Waals surface area contributed by atoms with E-state index in [4.69, 9.17) is 4.42 Å². The second kappa shape index (κ2) is 10.7. The molecule has 29 heavy (non-hydrogen) atoms. The van der Waals surface area contributed by atoms with Crippen LogP contribution < -0.4 is 10.2 Å². The third-order valence-corrected chi connectivity index (χ3v) is 5.25. The Morgan fingerprint density at radius 1 is 1.24 bits per heavy atom. The molecule has 0 saturated heterocycles. The van der Waals surface area contributed by atoms with Crippen LogP contribution in [-0.4, -0.2) is 28.4 Å². The smallest absolute Gasteiger partial charge is 0.222 e. The lowest BCUT2D eigenvalue weighted by Gasteiger charge is -2.20. The number of rotatable bonds is 11. The van der Waals surface area contributed by atoms with Crippen molar-refractivity contribution in [3.8, 4) is 0 Å². The van der Waals surface area contributed by atoms with Crippen LogP contribution in [0.4, 0.5) is 9.52 Å². The number of amides is 1. The van der Waals surface area contributed by atoms with Crippen molar-refractivity contribution in [2.24, 2.45) is 0 Å². The highest BCUT2D eigenvalue weighted by Gasteiger charge is 2.14. The lowest BCUT2D eigenvalue weighted by atomic mass is 10.1. The zero-order chi connectivity index (χ0) is 20.5. The van der Waals surface area contributed by atoms with Crippen molar-refractivity contribution in [3.63, 3.8) is 0 Å². The fraction of sp³-hybridized carbons (Fsp3) is 0.381. The summed E-state index contributed by atoms with van der Waals surface area (Å²) >= 11 is 1.34. The van der Waals surface area contributed by atoms with Crippen molar-refractivity contribution in [3.05, 3.63) is 65.6 Å². The Hall–Kier alpha value is -2.74. The molecule has 3 rings (SSSR count). The van der Waals surface area contributed by atoms with E-state index in [9.17, 15) is 9.18 Å². The Morgan fingerprint density at radius 3 is 2.79 bits per heavy atom. The van der Waals surface area contributed by atoms with Crippen LogP contribution in [0, 0.1) is 5.82 Å². The Bertz CT molecular complexity index is 880. The van der Waals surface area contributed by atoms with Gasteiger partial charge < -0.3 is 14.6 Å². The number of furan rings is 1. The fourth-order valence-corrected chi connectivity index (χ4v) is 3.54. The Balaban J connectivity index is 1.55. The number of anilines is 1. The average molecular weight is 417 g/mol. The fourth-order valence-electron chi connectivity index (χ4n) is 2.81. The maximum atomic E-state index is 13.1. The highest BCUT2D eigenvalue weighted by atomic mass is 32.1. The molecule has 0 radical (unpaired) electrons. The molecule has 0 saturated carbocycles. The van der Waals surface area contributed by atoms with Gasteiger partial charge in [-0.25, -0.2) is 9.37 Å². The van der Waals surface area contributed by atoms with Crippen LogP contribution in [0.2, 0.25) is 0 Å². The van der Waals surface area contributed by atoms with Gasteiger partial charge in [0.05, 0.1) is 12.8 Å². The van der Waals surface area contributed by atoms with Crippen LogP contribution in [0.1, 0.15) is 43.3 Å². The van der Waals surface area contributed by atoms with E-state index in [1.807, 2.05) is 6.07 Å². The summed E-state index contributed by atoms with van der Waals surface area (Å²) in [6, 6.07) is 10.0. The number of halogens is 1. The van der Waals surface area contributed by atoms with E-state index in [1.165, 1.54) is 23.7 Å². The molecule has 1 amide bonds. The molecule has 154 valence electrons. The molecule has 0 unspecified atom stereocenters. The molecule has 3 aromatic rings. The van der Waals surface area contributed by atoms with Gasteiger partial charge in [0.15, 0.2) is 0 Å². The molecule has 0 fully saturated rings. The average Bonchev–Trinajstić information content (AvgIpc) is 3.40. The summed E-state index contributed by atoms with van der Waals surface area (Å²) in [6.07, 6.45) is 4.59. The lowest BCUT2D eigenvalue weighted by molar-refractivity contribution is -0.121. The predicted molar refractivity (Wildman–Crippen MR) is 111 cm³/mol. The number of unbranched alkanes of at least 4 members (excludes halogenated alkanes) is 1. The van der Waals surface area contributed by atoms with Crippen molar-refractivity contribution in [1.29, 1.82) is 0 Å². The summed E-state index contributed by atoms with van der Waals surface area (Å²) in [7, 11) is 0. The molecule has 2 heterocycles. The molecule has 0 aliphatic rings.